The number of carbonyl (C=O) groups excluding carboxylic acids is 3. The molecule has 37 heavy (non-hydrogen) atoms. The number of methoxy groups -OCH3 is 1. The third kappa shape index (κ3) is 6.00. The van der Waals surface area contributed by atoms with Crippen LogP contribution in [0.3, 0.4) is 0 Å². The fourth-order valence-electron chi connectivity index (χ4n) is 4.08. The van der Waals surface area contributed by atoms with Gasteiger partial charge in [0.05, 0.1) is 17.6 Å². The molecule has 0 bridgehead atoms. The molecule has 0 spiro atoms. The molecular formula is C26H27N3O6S2. The average molecular weight is 542 g/mol. The van der Waals surface area contributed by atoms with Crippen LogP contribution in [0.2, 0.25) is 0 Å². The number of alkyl carbamates (subject to hydrolysis) is 1. The Kier molecular flexibility index (Phi) is 7.65. The molecule has 0 saturated heterocycles. The zero-order valence-electron chi connectivity index (χ0n) is 20.6. The van der Waals surface area contributed by atoms with Crippen LogP contribution in [-0.2, 0) is 27.6 Å². The van der Waals surface area contributed by atoms with Gasteiger partial charge in [0, 0.05) is 16.1 Å². The highest BCUT2D eigenvalue weighted by atomic mass is 32.2. The molecule has 1 aromatic heterocycles. The van der Waals surface area contributed by atoms with Crippen LogP contribution in [0, 0.1) is 12.8 Å². The number of hydrogen-bond acceptors (Lipinski definition) is 7. The van der Waals surface area contributed by atoms with Crippen molar-refractivity contribution in [2.45, 2.75) is 38.0 Å². The molecule has 1 heterocycles. The van der Waals surface area contributed by atoms with Crippen molar-refractivity contribution in [3.63, 3.8) is 0 Å². The van der Waals surface area contributed by atoms with Gasteiger partial charge in [-0.15, -0.1) is 11.3 Å². The minimum absolute atomic E-state index is 0.133. The van der Waals surface area contributed by atoms with Gasteiger partial charge < -0.3 is 10.1 Å². The molecule has 0 saturated carbocycles. The standard InChI is InChI=1S/C26H27N3O6S2/c1-15-4-11-19(12-5-15)37(33,34)29-18-9-7-17(8-10-18)23(30)27-25-22(24(31)28-26(32)35-3)20-13-6-16(2)14-21(20)36-25/h4-5,7-12,16,29H,6,13-14H2,1-3H3,(H,27,30)(H,28,31,32). The minimum Gasteiger partial charge on any atom is -0.453 e. The minimum atomic E-state index is -3.78. The number of imide groups is 1. The molecule has 1 unspecified atom stereocenters. The summed E-state index contributed by atoms with van der Waals surface area (Å²) in [6.07, 6.45) is 1.47. The normalized spacial score (nSPS) is 14.8. The summed E-state index contributed by atoms with van der Waals surface area (Å²) in [5.41, 5.74) is 2.63. The number of benzene rings is 2. The number of nitrogens with one attached hydrogen (secondary N) is 3. The maximum atomic E-state index is 13.0. The lowest BCUT2D eigenvalue weighted by atomic mass is 9.88. The van der Waals surface area contributed by atoms with Gasteiger partial charge in [-0.3, -0.25) is 19.6 Å². The van der Waals surface area contributed by atoms with Crippen molar-refractivity contribution >= 4 is 50.0 Å². The largest absolute Gasteiger partial charge is 0.453 e. The zero-order valence-corrected chi connectivity index (χ0v) is 22.2. The summed E-state index contributed by atoms with van der Waals surface area (Å²) in [5, 5.41) is 5.34. The quantitative estimate of drug-likeness (QED) is 0.414. The van der Waals surface area contributed by atoms with Crippen molar-refractivity contribution < 1.29 is 27.5 Å². The van der Waals surface area contributed by atoms with Gasteiger partial charge in [-0.1, -0.05) is 24.6 Å². The molecule has 1 aliphatic rings. The number of fused-ring (bicyclic) bond motifs is 1. The molecule has 0 fully saturated rings. The van der Waals surface area contributed by atoms with Crippen LogP contribution in [0.1, 0.15) is 50.1 Å². The van der Waals surface area contributed by atoms with Gasteiger partial charge in [0.1, 0.15) is 5.00 Å². The fourth-order valence-corrected chi connectivity index (χ4v) is 6.54. The molecule has 1 aliphatic carbocycles. The molecule has 3 amide bonds. The lowest BCUT2D eigenvalue weighted by molar-refractivity contribution is 0.0936. The number of rotatable bonds is 6. The summed E-state index contributed by atoms with van der Waals surface area (Å²) in [6, 6.07) is 12.4. The predicted molar refractivity (Wildman–Crippen MR) is 142 cm³/mol. The summed E-state index contributed by atoms with van der Waals surface area (Å²) in [4.78, 5) is 38.7. The van der Waals surface area contributed by atoms with Crippen molar-refractivity contribution in [1.29, 1.82) is 0 Å². The second kappa shape index (κ2) is 10.7. The number of anilines is 2. The maximum absolute atomic E-state index is 13.0. The first-order valence-corrected chi connectivity index (χ1v) is 13.9. The highest BCUT2D eigenvalue weighted by molar-refractivity contribution is 7.92. The first-order valence-electron chi connectivity index (χ1n) is 11.6. The molecule has 2 aromatic carbocycles. The van der Waals surface area contributed by atoms with E-state index in [4.69, 9.17) is 0 Å². The average Bonchev–Trinajstić information content (AvgIpc) is 3.21. The number of thiophene rings is 1. The number of ether oxygens (including phenoxy) is 1. The molecule has 3 N–H and O–H groups in total. The number of hydrogen-bond donors (Lipinski definition) is 3. The van der Waals surface area contributed by atoms with Crippen molar-refractivity contribution in [1.82, 2.24) is 5.32 Å². The number of sulfonamides is 1. The Labute approximate surface area is 219 Å². The highest BCUT2D eigenvalue weighted by Gasteiger charge is 2.29. The van der Waals surface area contributed by atoms with E-state index in [2.05, 4.69) is 27.0 Å². The van der Waals surface area contributed by atoms with Gasteiger partial charge in [-0.05, 0) is 74.1 Å². The fraction of sp³-hybridized carbons (Fsp3) is 0.269. The topological polar surface area (TPSA) is 131 Å². The van der Waals surface area contributed by atoms with E-state index in [1.807, 2.05) is 6.92 Å². The lowest BCUT2D eigenvalue weighted by Gasteiger charge is -2.18. The second-order valence-electron chi connectivity index (χ2n) is 8.95. The van der Waals surface area contributed by atoms with Crippen LogP contribution < -0.4 is 15.4 Å². The number of amides is 3. The Morgan fingerprint density at radius 3 is 2.32 bits per heavy atom. The molecule has 0 radical (unpaired) electrons. The summed E-state index contributed by atoms with van der Waals surface area (Å²) in [5.74, 6) is -0.649. The van der Waals surface area contributed by atoms with E-state index in [1.54, 1.807) is 12.1 Å². The second-order valence-corrected chi connectivity index (χ2v) is 11.7. The van der Waals surface area contributed by atoms with E-state index >= 15 is 0 Å². The van der Waals surface area contributed by atoms with Gasteiger partial charge >= 0.3 is 6.09 Å². The molecule has 0 aliphatic heterocycles. The van der Waals surface area contributed by atoms with E-state index < -0.39 is 27.9 Å². The van der Waals surface area contributed by atoms with Gasteiger partial charge in [-0.2, -0.15) is 0 Å². The summed E-state index contributed by atoms with van der Waals surface area (Å²) in [7, 11) is -2.61. The first-order chi connectivity index (χ1) is 17.6. The molecule has 4 rings (SSSR count). The van der Waals surface area contributed by atoms with E-state index in [0.717, 1.165) is 28.8 Å². The third-order valence-corrected chi connectivity index (χ3v) is 8.66. The van der Waals surface area contributed by atoms with Gasteiger partial charge in [0.15, 0.2) is 0 Å². The molecule has 194 valence electrons. The molecule has 11 heteroatoms. The van der Waals surface area contributed by atoms with E-state index in [-0.39, 0.29) is 16.0 Å². The highest BCUT2D eigenvalue weighted by Crippen LogP contribution is 2.40. The third-order valence-electron chi connectivity index (χ3n) is 6.10. The molecule has 1 atom stereocenters. The summed E-state index contributed by atoms with van der Waals surface area (Å²) in [6.45, 7) is 4.00. The Morgan fingerprint density at radius 1 is 1.00 bits per heavy atom. The van der Waals surface area contributed by atoms with Gasteiger partial charge in [-0.25, -0.2) is 13.2 Å². The van der Waals surface area contributed by atoms with Crippen molar-refractivity contribution in [2.75, 3.05) is 17.1 Å². The lowest BCUT2D eigenvalue weighted by Crippen LogP contribution is -2.31. The number of carbonyl (C=O) groups is 3. The maximum Gasteiger partial charge on any atom is 0.413 e. The van der Waals surface area contributed by atoms with Crippen molar-refractivity contribution in [2.24, 2.45) is 5.92 Å². The monoisotopic (exact) mass is 541 g/mol. The molecular weight excluding hydrogens is 514 g/mol. The van der Waals surface area contributed by atoms with E-state index in [0.29, 0.717) is 23.0 Å². The predicted octanol–water partition coefficient (Wildman–Crippen LogP) is 4.73. The zero-order chi connectivity index (χ0) is 26.7. The summed E-state index contributed by atoms with van der Waals surface area (Å²) >= 11 is 1.32. The first kappa shape index (κ1) is 26.4. The van der Waals surface area contributed by atoms with E-state index in [1.165, 1.54) is 54.8 Å². The molecule has 9 nitrogen and oxygen atoms in total. The van der Waals surface area contributed by atoms with Crippen LogP contribution in [0.4, 0.5) is 15.5 Å². The van der Waals surface area contributed by atoms with Crippen LogP contribution in [-0.4, -0.2) is 33.4 Å². The van der Waals surface area contributed by atoms with Crippen LogP contribution in [0.25, 0.3) is 0 Å². The van der Waals surface area contributed by atoms with Gasteiger partial charge in [0.2, 0.25) is 0 Å². The Bertz CT molecular complexity index is 1440. The van der Waals surface area contributed by atoms with Crippen LogP contribution in [0.5, 0.6) is 0 Å². The Morgan fingerprint density at radius 2 is 1.68 bits per heavy atom. The van der Waals surface area contributed by atoms with Gasteiger partial charge in [0.25, 0.3) is 21.8 Å². The molecule has 3 aromatic rings. The van der Waals surface area contributed by atoms with Crippen LogP contribution in [0.15, 0.2) is 53.4 Å². The SMILES string of the molecule is COC(=O)NC(=O)c1c(NC(=O)c2ccc(NS(=O)(=O)c3ccc(C)cc3)cc2)sc2c1CCC(C)C2. The van der Waals surface area contributed by atoms with E-state index in [9.17, 15) is 22.8 Å². The van der Waals surface area contributed by atoms with Crippen molar-refractivity contribution in [3.8, 4) is 0 Å². The Hall–Kier alpha value is -3.70. The Balaban J connectivity index is 1.53. The number of aryl methyl sites for hydroxylation is 1. The van der Waals surface area contributed by atoms with Crippen molar-refractivity contribution in [3.05, 3.63) is 75.7 Å². The summed E-state index contributed by atoms with van der Waals surface area (Å²) < 4.78 is 32.3. The smallest absolute Gasteiger partial charge is 0.413 e. The van der Waals surface area contributed by atoms with Crippen LogP contribution >= 0.6 is 11.3 Å².